The Hall–Kier alpha value is -2.95. The van der Waals surface area contributed by atoms with Crippen LogP contribution in [0.2, 0.25) is 0 Å². The Kier molecular flexibility index (Phi) is 5.57. The normalized spacial score (nSPS) is 14.5. The van der Waals surface area contributed by atoms with Crippen LogP contribution in [0.4, 0.5) is 5.69 Å². The lowest BCUT2D eigenvalue weighted by Gasteiger charge is -2.27. The Labute approximate surface area is 147 Å². The molecule has 1 N–H and O–H groups in total. The van der Waals surface area contributed by atoms with Crippen molar-refractivity contribution in [2.45, 2.75) is 19.3 Å². The number of nitrogens with one attached hydrogen (secondary N) is 1. The Morgan fingerprint density at radius 1 is 1.00 bits per heavy atom. The van der Waals surface area contributed by atoms with Gasteiger partial charge in [0.1, 0.15) is 0 Å². The fourth-order valence-electron chi connectivity index (χ4n) is 2.86. The second-order valence-electron chi connectivity index (χ2n) is 5.98. The molecule has 1 saturated heterocycles. The van der Waals surface area contributed by atoms with Gasteiger partial charge in [0.05, 0.1) is 16.9 Å². The highest BCUT2D eigenvalue weighted by Crippen LogP contribution is 2.20. The highest BCUT2D eigenvalue weighted by atomic mass is 16.2. The summed E-state index contributed by atoms with van der Waals surface area (Å²) in [5.74, 6) is -0.311. The molecule has 128 valence electrons. The SMILES string of the molecule is O=C(/C=C/c1ccccn1)Nc1ccccc1C(=O)N1CCCCC1. The van der Waals surface area contributed by atoms with E-state index in [4.69, 9.17) is 0 Å². The molecule has 2 aromatic rings. The highest BCUT2D eigenvalue weighted by Gasteiger charge is 2.20. The van der Waals surface area contributed by atoms with Gasteiger partial charge >= 0.3 is 0 Å². The number of pyridine rings is 1. The van der Waals surface area contributed by atoms with Crippen molar-refractivity contribution in [3.05, 3.63) is 66.0 Å². The molecule has 0 aliphatic carbocycles. The summed E-state index contributed by atoms with van der Waals surface area (Å²) in [6.45, 7) is 1.56. The number of nitrogens with zero attached hydrogens (tertiary/aromatic N) is 2. The molecule has 0 saturated carbocycles. The molecule has 0 spiro atoms. The van der Waals surface area contributed by atoms with Crippen LogP contribution in [-0.2, 0) is 4.79 Å². The predicted octanol–water partition coefficient (Wildman–Crippen LogP) is 3.36. The first-order chi connectivity index (χ1) is 12.2. The summed E-state index contributed by atoms with van der Waals surface area (Å²) < 4.78 is 0. The Bertz CT molecular complexity index is 766. The molecule has 1 aromatic heterocycles. The van der Waals surface area contributed by atoms with E-state index in [-0.39, 0.29) is 11.8 Å². The van der Waals surface area contributed by atoms with Crippen LogP contribution in [0.25, 0.3) is 6.08 Å². The zero-order valence-electron chi connectivity index (χ0n) is 14.0. The lowest BCUT2D eigenvalue weighted by molar-refractivity contribution is -0.111. The molecule has 0 radical (unpaired) electrons. The van der Waals surface area contributed by atoms with Gasteiger partial charge < -0.3 is 10.2 Å². The second-order valence-corrected chi connectivity index (χ2v) is 5.98. The number of carbonyl (C=O) groups excluding carboxylic acids is 2. The third-order valence-corrected chi connectivity index (χ3v) is 4.15. The molecule has 25 heavy (non-hydrogen) atoms. The van der Waals surface area contributed by atoms with Gasteiger partial charge in [-0.05, 0) is 49.6 Å². The van der Waals surface area contributed by atoms with E-state index < -0.39 is 0 Å². The first kappa shape index (κ1) is 16.9. The number of hydrogen-bond donors (Lipinski definition) is 1. The van der Waals surface area contributed by atoms with Gasteiger partial charge in [0, 0.05) is 25.4 Å². The molecule has 5 heteroatoms. The molecule has 5 nitrogen and oxygen atoms in total. The van der Waals surface area contributed by atoms with Crippen LogP contribution in [0.3, 0.4) is 0 Å². The van der Waals surface area contributed by atoms with Gasteiger partial charge in [0.25, 0.3) is 5.91 Å². The van der Waals surface area contributed by atoms with Crippen LogP contribution in [0.1, 0.15) is 35.3 Å². The smallest absolute Gasteiger partial charge is 0.255 e. The number of para-hydroxylation sites is 1. The van der Waals surface area contributed by atoms with Gasteiger partial charge in [-0.15, -0.1) is 0 Å². The van der Waals surface area contributed by atoms with Crippen molar-refractivity contribution in [3.8, 4) is 0 Å². The van der Waals surface area contributed by atoms with E-state index in [0.717, 1.165) is 25.9 Å². The van der Waals surface area contributed by atoms with Crippen molar-refractivity contribution in [2.75, 3.05) is 18.4 Å². The van der Waals surface area contributed by atoms with Crippen molar-refractivity contribution in [1.82, 2.24) is 9.88 Å². The third kappa shape index (κ3) is 4.53. The minimum Gasteiger partial charge on any atom is -0.339 e. The van der Waals surface area contributed by atoms with Crippen molar-refractivity contribution >= 4 is 23.6 Å². The van der Waals surface area contributed by atoms with Crippen LogP contribution in [0.5, 0.6) is 0 Å². The lowest BCUT2D eigenvalue weighted by atomic mass is 10.1. The average molecular weight is 335 g/mol. The summed E-state index contributed by atoms with van der Waals surface area (Å²) in [6.07, 6.45) is 7.97. The zero-order chi connectivity index (χ0) is 17.5. The molecule has 0 unspecified atom stereocenters. The minimum absolute atomic E-state index is 0.0238. The number of piperidine rings is 1. The number of hydrogen-bond acceptors (Lipinski definition) is 3. The van der Waals surface area contributed by atoms with E-state index in [2.05, 4.69) is 10.3 Å². The highest BCUT2D eigenvalue weighted by molar-refractivity contribution is 6.07. The van der Waals surface area contributed by atoms with Crippen molar-refractivity contribution in [1.29, 1.82) is 0 Å². The average Bonchev–Trinajstić information content (AvgIpc) is 2.68. The first-order valence-electron chi connectivity index (χ1n) is 8.52. The van der Waals surface area contributed by atoms with Gasteiger partial charge in [0.2, 0.25) is 5.91 Å². The summed E-state index contributed by atoms with van der Waals surface area (Å²) in [5.41, 5.74) is 1.77. The fraction of sp³-hybridized carbons (Fsp3) is 0.250. The van der Waals surface area contributed by atoms with Crippen molar-refractivity contribution in [3.63, 3.8) is 0 Å². The van der Waals surface area contributed by atoms with Gasteiger partial charge in [-0.25, -0.2) is 0 Å². The summed E-state index contributed by atoms with van der Waals surface area (Å²) in [6, 6.07) is 12.6. The summed E-state index contributed by atoms with van der Waals surface area (Å²) in [5, 5.41) is 2.80. The maximum absolute atomic E-state index is 12.7. The fourth-order valence-corrected chi connectivity index (χ4v) is 2.86. The summed E-state index contributed by atoms with van der Waals surface area (Å²) in [7, 11) is 0. The zero-order valence-corrected chi connectivity index (χ0v) is 14.0. The molecule has 3 rings (SSSR count). The number of benzene rings is 1. The Morgan fingerprint density at radius 2 is 1.76 bits per heavy atom. The maximum atomic E-state index is 12.7. The number of carbonyl (C=O) groups is 2. The molecular formula is C20H21N3O2. The largest absolute Gasteiger partial charge is 0.339 e. The predicted molar refractivity (Wildman–Crippen MR) is 98.1 cm³/mol. The molecule has 0 bridgehead atoms. The molecule has 1 fully saturated rings. The number of rotatable bonds is 4. The van der Waals surface area contributed by atoms with Gasteiger partial charge in [0.15, 0.2) is 0 Å². The second kappa shape index (κ2) is 8.24. The van der Waals surface area contributed by atoms with Crippen molar-refractivity contribution in [2.24, 2.45) is 0 Å². The summed E-state index contributed by atoms with van der Waals surface area (Å²) in [4.78, 5) is 30.9. The number of amides is 2. The topological polar surface area (TPSA) is 62.3 Å². The standard InChI is InChI=1S/C20H21N3O2/c24-19(12-11-16-8-4-5-13-21-16)22-18-10-3-2-9-17(18)20(25)23-14-6-1-7-15-23/h2-5,8-13H,1,6-7,14-15H2,(H,22,24)/b12-11+. The van der Waals surface area contributed by atoms with Crippen LogP contribution in [0.15, 0.2) is 54.7 Å². The van der Waals surface area contributed by atoms with Crippen molar-refractivity contribution < 1.29 is 9.59 Å². The molecule has 1 aliphatic heterocycles. The summed E-state index contributed by atoms with van der Waals surface area (Å²) >= 11 is 0. The van der Waals surface area contributed by atoms with Crippen LogP contribution in [-0.4, -0.2) is 34.8 Å². The van der Waals surface area contributed by atoms with E-state index in [0.29, 0.717) is 16.9 Å². The van der Waals surface area contributed by atoms with E-state index in [1.165, 1.54) is 12.5 Å². The third-order valence-electron chi connectivity index (χ3n) is 4.15. The molecule has 1 aromatic carbocycles. The Morgan fingerprint density at radius 3 is 2.52 bits per heavy atom. The molecule has 2 heterocycles. The molecular weight excluding hydrogens is 314 g/mol. The van der Waals surface area contributed by atoms with Crippen LogP contribution in [0, 0.1) is 0 Å². The monoisotopic (exact) mass is 335 g/mol. The maximum Gasteiger partial charge on any atom is 0.255 e. The van der Waals surface area contributed by atoms with E-state index in [1.807, 2.05) is 35.2 Å². The number of anilines is 1. The lowest BCUT2D eigenvalue weighted by Crippen LogP contribution is -2.36. The van der Waals surface area contributed by atoms with Gasteiger partial charge in [-0.3, -0.25) is 14.6 Å². The van der Waals surface area contributed by atoms with E-state index in [9.17, 15) is 9.59 Å². The van der Waals surface area contributed by atoms with Crippen LogP contribution >= 0.6 is 0 Å². The van der Waals surface area contributed by atoms with Crippen LogP contribution < -0.4 is 5.32 Å². The minimum atomic E-state index is -0.287. The molecule has 2 amide bonds. The molecule has 1 aliphatic rings. The Balaban J connectivity index is 1.71. The number of likely N-dealkylation sites (tertiary alicyclic amines) is 1. The molecule has 0 atom stereocenters. The first-order valence-corrected chi connectivity index (χ1v) is 8.52. The number of aromatic nitrogens is 1. The quantitative estimate of drug-likeness (QED) is 0.872. The van der Waals surface area contributed by atoms with Gasteiger partial charge in [-0.1, -0.05) is 18.2 Å². The van der Waals surface area contributed by atoms with E-state index in [1.54, 1.807) is 24.4 Å². The van der Waals surface area contributed by atoms with Gasteiger partial charge in [-0.2, -0.15) is 0 Å². The van der Waals surface area contributed by atoms with E-state index >= 15 is 0 Å².